The summed E-state index contributed by atoms with van der Waals surface area (Å²) in [7, 11) is -1.23. The zero-order chi connectivity index (χ0) is 21.2. The highest BCUT2D eigenvalue weighted by Gasteiger charge is 2.32. The monoisotopic (exact) mass is 441 g/mol. The van der Waals surface area contributed by atoms with E-state index in [4.69, 9.17) is 4.74 Å². The molecule has 0 aliphatic carbocycles. The Kier molecular flexibility index (Phi) is 5.95. The minimum atomic E-state index is -4.52. The highest BCUT2D eigenvalue weighted by Crippen LogP contribution is 2.33. The maximum atomic E-state index is 13.1. The van der Waals surface area contributed by atoms with E-state index in [1.54, 1.807) is 19.4 Å². The van der Waals surface area contributed by atoms with Crippen LogP contribution in [0, 0.1) is 0 Å². The van der Waals surface area contributed by atoms with Crippen molar-refractivity contribution in [3.05, 3.63) is 59.2 Å². The van der Waals surface area contributed by atoms with Crippen LogP contribution in [0.1, 0.15) is 23.4 Å². The fraction of sp³-hybridized carbons (Fsp3) is 0.263. The second-order valence-corrected chi connectivity index (χ2v) is 9.76. The average Bonchev–Trinajstić information content (AvgIpc) is 3.14. The number of rotatable bonds is 5. The summed E-state index contributed by atoms with van der Waals surface area (Å²) in [5, 5.41) is 1.53. The third-order valence-electron chi connectivity index (χ3n) is 4.34. The minimum Gasteiger partial charge on any atom is -0.497 e. The van der Waals surface area contributed by atoms with Gasteiger partial charge in [0.15, 0.2) is 0 Å². The second-order valence-electron chi connectivity index (χ2n) is 6.31. The first-order chi connectivity index (χ1) is 13.6. The smallest absolute Gasteiger partial charge is 0.433 e. The Bertz CT molecular complexity index is 1100. The first-order valence-corrected chi connectivity index (χ1v) is 11.3. The molecular weight excluding hydrogens is 423 g/mol. The van der Waals surface area contributed by atoms with Gasteiger partial charge in [-0.05, 0) is 42.8 Å². The van der Waals surface area contributed by atoms with Gasteiger partial charge < -0.3 is 4.74 Å². The number of methoxy groups -OCH3 is 1. The maximum absolute atomic E-state index is 13.1. The molecule has 0 fully saturated rings. The summed E-state index contributed by atoms with van der Waals surface area (Å²) in [6, 6.07) is 9.51. The van der Waals surface area contributed by atoms with Gasteiger partial charge in [0, 0.05) is 23.4 Å². The minimum absolute atomic E-state index is 0.343. The summed E-state index contributed by atoms with van der Waals surface area (Å²) in [5.74, 6) is 0.726. The van der Waals surface area contributed by atoms with Crippen molar-refractivity contribution >= 4 is 26.2 Å². The molecule has 0 aliphatic heterocycles. The van der Waals surface area contributed by atoms with E-state index in [0.29, 0.717) is 16.4 Å². The lowest BCUT2D eigenvalue weighted by Gasteiger charge is -2.14. The van der Waals surface area contributed by atoms with Gasteiger partial charge in [-0.1, -0.05) is 6.07 Å². The van der Waals surface area contributed by atoms with E-state index < -0.39 is 26.8 Å². The van der Waals surface area contributed by atoms with E-state index >= 15 is 0 Å². The molecule has 0 saturated heterocycles. The summed E-state index contributed by atoms with van der Waals surface area (Å²) >= 11 is 1.25. The van der Waals surface area contributed by atoms with Gasteiger partial charge in [0.2, 0.25) is 5.13 Å². The predicted molar refractivity (Wildman–Crippen MR) is 108 cm³/mol. The Balaban J connectivity index is 1.85. The van der Waals surface area contributed by atoms with Gasteiger partial charge in [-0.2, -0.15) is 17.5 Å². The third-order valence-corrected chi connectivity index (χ3v) is 7.31. The number of halogens is 3. The number of ether oxygens (including phenoxy) is 1. The second kappa shape index (κ2) is 8.11. The number of alkyl halides is 3. The zero-order valence-corrected chi connectivity index (χ0v) is 17.4. The molecule has 0 saturated carbocycles. The molecule has 0 aliphatic rings. The van der Waals surface area contributed by atoms with Crippen LogP contribution in [0.5, 0.6) is 5.75 Å². The molecule has 154 valence electrons. The van der Waals surface area contributed by atoms with Gasteiger partial charge >= 0.3 is 6.18 Å². The van der Waals surface area contributed by atoms with Gasteiger partial charge in [-0.25, -0.2) is 9.19 Å². The molecule has 5 nitrogen and oxygen atoms in total. The molecule has 0 bridgehead atoms. The van der Waals surface area contributed by atoms with Crippen molar-refractivity contribution in [3.8, 4) is 17.0 Å². The van der Waals surface area contributed by atoms with E-state index in [1.165, 1.54) is 23.7 Å². The van der Waals surface area contributed by atoms with Crippen molar-refractivity contribution in [1.82, 2.24) is 9.97 Å². The van der Waals surface area contributed by atoms with Crippen LogP contribution in [-0.2, 0) is 15.9 Å². The van der Waals surface area contributed by atoms with Crippen molar-refractivity contribution in [2.24, 2.45) is 4.36 Å². The third kappa shape index (κ3) is 4.94. The molecule has 0 N–H and O–H groups in total. The zero-order valence-electron chi connectivity index (χ0n) is 15.8. The van der Waals surface area contributed by atoms with Crippen molar-refractivity contribution in [2.45, 2.75) is 18.3 Å². The molecule has 0 amide bonds. The molecule has 2 atom stereocenters. The van der Waals surface area contributed by atoms with Crippen LogP contribution >= 0.6 is 11.3 Å². The van der Waals surface area contributed by atoms with E-state index in [-0.39, 0.29) is 0 Å². The van der Waals surface area contributed by atoms with Crippen molar-refractivity contribution in [1.29, 1.82) is 0 Å². The van der Waals surface area contributed by atoms with Crippen LogP contribution in [0.15, 0.2) is 52.3 Å². The van der Waals surface area contributed by atoms with E-state index in [0.717, 1.165) is 23.6 Å². The van der Waals surface area contributed by atoms with Crippen molar-refractivity contribution < 1.29 is 22.1 Å². The highest BCUT2D eigenvalue weighted by atomic mass is 32.2. The maximum Gasteiger partial charge on any atom is 0.433 e. The lowest BCUT2D eigenvalue weighted by molar-refractivity contribution is -0.141. The molecule has 10 heteroatoms. The number of pyridine rings is 1. The molecule has 2 aromatic heterocycles. The Morgan fingerprint density at radius 1 is 1.17 bits per heavy atom. The summed E-state index contributed by atoms with van der Waals surface area (Å²) in [5.41, 5.74) is 0.986. The topological polar surface area (TPSA) is 64.4 Å². The van der Waals surface area contributed by atoms with Crippen LogP contribution in [0.2, 0.25) is 0 Å². The predicted octanol–water partition coefficient (Wildman–Crippen LogP) is 5.72. The number of hydrogen-bond donors (Lipinski definition) is 0. The first kappa shape index (κ1) is 21.3. The quantitative estimate of drug-likeness (QED) is 0.508. The average molecular weight is 442 g/mol. The van der Waals surface area contributed by atoms with Crippen LogP contribution < -0.4 is 4.74 Å². The summed E-state index contributed by atoms with van der Waals surface area (Å²) < 4.78 is 60.5. The van der Waals surface area contributed by atoms with Crippen molar-refractivity contribution in [3.63, 3.8) is 0 Å². The number of thiazole rings is 1. The van der Waals surface area contributed by atoms with Crippen LogP contribution in [0.3, 0.4) is 0 Å². The summed E-state index contributed by atoms with van der Waals surface area (Å²) in [6.45, 7) is 1.65. The highest BCUT2D eigenvalue weighted by molar-refractivity contribution is 7.93. The number of hydrogen-bond acceptors (Lipinski definition) is 6. The molecule has 0 radical (unpaired) electrons. The fourth-order valence-electron chi connectivity index (χ4n) is 2.50. The lowest BCUT2D eigenvalue weighted by Crippen LogP contribution is -2.11. The van der Waals surface area contributed by atoms with Gasteiger partial charge in [0.1, 0.15) is 11.4 Å². The number of aromatic nitrogens is 2. The lowest BCUT2D eigenvalue weighted by atomic mass is 10.2. The number of nitrogens with zero attached hydrogens (tertiary/aromatic N) is 3. The molecule has 1 aromatic carbocycles. The summed E-state index contributed by atoms with van der Waals surface area (Å²) in [6.07, 6.45) is -1.96. The van der Waals surface area contributed by atoms with E-state index in [2.05, 4.69) is 14.3 Å². The molecule has 3 aromatic rings. The molecule has 2 unspecified atom stereocenters. The molecule has 29 heavy (non-hydrogen) atoms. The number of benzene rings is 1. The van der Waals surface area contributed by atoms with Crippen LogP contribution in [-0.4, -0.2) is 27.5 Å². The van der Waals surface area contributed by atoms with E-state index in [1.807, 2.05) is 24.3 Å². The Hall–Kier alpha value is -2.46. The SMILES string of the molecule is COc1ccc(-c2csc(N=S(C)(=O)C(C)c3ccc(C(F)(F)F)nc3)n2)cc1. The first-order valence-electron chi connectivity index (χ1n) is 8.44. The Morgan fingerprint density at radius 3 is 2.41 bits per heavy atom. The molecule has 0 spiro atoms. The Morgan fingerprint density at radius 2 is 1.86 bits per heavy atom. The summed E-state index contributed by atoms with van der Waals surface area (Å²) in [4.78, 5) is 7.85. The van der Waals surface area contributed by atoms with Crippen LogP contribution in [0.4, 0.5) is 18.3 Å². The van der Waals surface area contributed by atoms with Gasteiger partial charge in [0.25, 0.3) is 0 Å². The van der Waals surface area contributed by atoms with Crippen LogP contribution in [0.25, 0.3) is 11.3 Å². The van der Waals surface area contributed by atoms with Gasteiger partial charge in [-0.3, -0.25) is 4.98 Å². The molecule has 2 heterocycles. The van der Waals surface area contributed by atoms with Gasteiger partial charge in [0.05, 0.1) is 27.8 Å². The largest absolute Gasteiger partial charge is 0.497 e. The van der Waals surface area contributed by atoms with E-state index in [9.17, 15) is 17.4 Å². The fourth-order valence-corrected chi connectivity index (χ4v) is 4.83. The standard InChI is InChI=1S/C19H18F3N3O2S2/c1-12(14-6-9-17(23-10-14)19(20,21)22)29(3,26)25-18-24-16(11-28-18)13-4-7-15(27-2)8-5-13/h4-12H,1-3H3. The molecular formula is C19H18F3N3O2S2. The normalized spacial score (nSPS) is 14.8. The van der Waals surface area contributed by atoms with Gasteiger partial charge in [-0.15, -0.1) is 11.3 Å². The molecule has 3 rings (SSSR count). The Labute approximate surface area is 170 Å². The van der Waals surface area contributed by atoms with Crippen molar-refractivity contribution in [2.75, 3.05) is 13.4 Å².